The number of carbonyl (C=O) groups excluding carboxylic acids is 4. The number of piperidine rings is 1. The summed E-state index contributed by atoms with van der Waals surface area (Å²) in [4.78, 5) is 52.5. The van der Waals surface area contributed by atoms with Crippen LogP contribution in [-0.2, 0) is 40.5 Å². The van der Waals surface area contributed by atoms with E-state index in [1.807, 2.05) is 23.9 Å². The molecule has 53 heavy (non-hydrogen) atoms. The van der Waals surface area contributed by atoms with Gasteiger partial charge in [0, 0.05) is 37.0 Å². The van der Waals surface area contributed by atoms with E-state index < -0.39 is 29.7 Å². The van der Waals surface area contributed by atoms with Crippen LogP contribution in [0.3, 0.4) is 0 Å². The van der Waals surface area contributed by atoms with Gasteiger partial charge in [-0.3, -0.25) is 38.6 Å². The first kappa shape index (κ1) is 34.2. The Morgan fingerprint density at radius 1 is 0.981 bits per heavy atom. The summed E-state index contributed by atoms with van der Waals surface area (Å²) in [5.74, 6) is 6.35. The highest BCUT2D eigenvalue weighted by Gasteiger charge is 2.45. The smallest absolute Gasteiger partial charge is 0.264 e. The molecule has 268 valence electrons. The van der Waals surface area contributed by atoms with Crippen LogP contribution >= 0.6 is 11.3 Å². The van der Waals surface area contributed by atoms with E-state index in [4.69, 9.17) is 4.74 Å². The van der Waals surface area contributed by atoms with Crippen LogP contribution in [0.5, 0.6) is 0 Å². The van der Waals surface area contributed by atoms with Gasteiger partial charge in [-0.2, -0.15) is 5.10 Å². The lowest BCUT2D eigenvalue weighted by atomic mass is 10.0. The Morgan fingerprint density at radius 3 is 2.70 bits per heavy atom. The minimum absolute atomic E-state index is 0.0806. The number of aromatic nitrogens is 5. The van der Waals surface area contributed by atoms with Crippen LogP contribution in [0.4, 0.5) is 5.69 Å². The van der Waals surface area contributed by atoms with Crippen molar-refractivity contribution in [1.82, 2.24) is 34.8 Å². The summed E-state index contributed by atoms with van der Waals surface area (Å²) < 4.78 is 10.0. The van der Waals surface area contributed by atoms with Crippen LogP contribution in [0.15, 0.2) is 60.9 Å². The largest absolute Gasteiger partial charge is 0.384 e. The second kappa shape index (κ2) is 14.6. The van der Waals surface area contributed by atoms with Crippen LogP contribution < -0.4 is 10.6 Å². The Hall–Kier alpha value is -5.91. The van der Waals surface area contributed by atoms with Gasteiger partial charge in [-0.1, -0.05) is 48.2 Å². The molecule has 14 heteroatoms. The summed E-state index contributed by atoms with van der Waals surface area (Å²) in [7, 11) is 0. The van der Waals surface area contributed by atoms with Crippen molar-refractivity contribution in [2.45, 2.75) is 71.2 Å². The second-order valence-electron chi connectivity index (χ2n) is 13.3. The number of anilines is 1. The predicted octanol–water partition coefficient (Wildman–Crippen LogP) is 4.54. The van der Waals surface area contributed by atoms with Crippen molar-refractivity contribution in [1.29, 1.82) is 0 Å². The average molecular weight is 729 g/mol. The molecule has 1 atom stereocenters. The maximum Gasteiger partial charge on any atom is 0.264 e. The molecule has 3 aliphatic heterocycles. The molecule has 0 saturated carbocycles. The Bertz CT molecular complexity index is 2310. The molecule has 13 nitrogen and oxygen atoms in total. The Labute approximate surface area is 309 Å². The van der Waals surface area contributed by atoms with E-state index in [0.29, 0.717) is 25.4 Å². The number of imide groups is 2. The zero-order chi connectivity index (χ0) is 36.5. The Morgan fingerprint density at radius 2 is 1.85 bits per heavy atom. The molecule has 8 rings (SSSR count). The van der Waals surface area contributed by atoms with Gasteiger partial charge in [0.1, 0.15) is 23.5 Å². The fourth-order valence-corrected chi connectivity index (χ4v) is 8.30. The number of nitrogens with one attached hydrogen (secondary N) is 2. The normalized spacial score (nSPS) is 16.4. The second-order valence-corrected chi connectivity index (χ2v) is 14.3. The molecular weight excluding hydrogens is 693 g/mol. The van der Waals surface area contributed by atoms with Crippen LogP contribution in [0.2, 0.25) is 0 Å². The van der Waals surface area contributed by atoms with Crippen molar-refractivity contribution in [2.24, 2.45) is 0 Å². The van der Waals surface area contributed by atoms with Crippen molar-refractivity contribution in [2.75, 3.05) is 11.9 Å². The van der Waals surface area contributed by atoms with Crippen molar-refractivity contribution in [3.8, 4) is 16.8 Å². The number of amides is 4. The molecule has 0 radical (unpaired) electrons. The molecule has 4 amide bonds. The minimum atomic E-state index is -0.993. The summed E-state index contributed by atoms with van der Waals surface area (Å²) in [5, 5.41) is 19.8. The molecule has 2 aromatic carbocycles. The standard InChI is InChI=1S/C39H36N8O5S/c1-24-43-44-33-23-52-22-29-28(19-25-9-4-2-5-10-25)32(53-39(29)46(24)33)15-13-26-20-41-45(21-26)18-7-3-6-17-40-30-12-8-11-27-35(30)38(51)47(37(27)50)31-14-16-34(48)42-36(31)49/h2,4-5,8-12,20-21,31,40H,3,6-7,14,16-19,22-23H2,1H3,(H,42,48,49). The summed E-state index contributed by atoms with van der Waals surface area (Å²) >= 11 is 1.65. The maximum atomic E-state index is 13.3. The molecule has 3 aromatic heterocycles. The number of benzene rings is 2. The number of unbranched alkanes of at least 4 members (excludes halogenated alkanes) is 2. The first-order chi connectivity index (χ1) is 25.9. The van der Waals surface area contributed by atoms with Gasteiger partial charge in [-0.15, -0.1) is 21.5 Å². The van der Waals surface area contributed by atoms with Crippen molar-refractivity contribution >= 4 is 40.7 Å². The molecule has 1 unspecified atom stereocenters. The van der Waals surface area contributed by atoms with Gasteiger partial charge in [0.25, 0.3) is 11.8 Å². The molecule has 0 spiro atoms. The maximum absolute atomic E-state index is 13.3. The van der Waals surface area contributed by atoms with E-state index in [-0.39, 0.29) is 24.0 Å². The van der Waals surface area contributed by atoms with Crippen LogP contribution in [0.1, 0.15) is 91.6 Å². The lowest BCUT2D eigenvalue weighted by Crippen LogP contribution is -2.54. The number of thiophene rings is 1. The minimum Gasteiger partial charge on any atom is -0.384 e. The Kier molecular flexibility index (Phi) is 9.42. The van der Waals surface area contributed by atoms with E-state index >= 15 is 0 Å². The quantitative estimate of drug-likeness (QED) is 0.120. The van der Waals surface area contributed by atoms with Crippen molar-refractivity contribution in [3.63, 3.8) is 0 Å². The van der Waals surface area contributed by atoms with Crippen LogP contribution in [-0.4, -0.2) is 65.7 Å². The topological polar surface area (TPSA) is 153 Å². The third kappa shape index (κ3) is 6.76. The number of rotatable bonds is 10. The fourth-order valence-electron chi connectivity index (χ4n) is 7.05. The van der Waals surface area contributed by atoms with Crippen LogP contribution in [0, 0.1) is 18.8 Å². The van der Waals surface area contributed by atoms with E-state index in [0.717, 1.165) is 75.3 Å². The number of nitrogens with zero attached hydrogens (tertiary/aromatic N) is 6. The predicted molar refractivity (Wildman–Crippen MR) is 195 cm³/mol. The highest BCUT2D eigenvalue weighted by atomic mass is 32.1. The molecule has 0 bridgehead atoms. The van der Waals surface area contributed by atoms with Gasteiger partial charge in [-0.25, -0.2) is 0 Å². The van der Waals surface area contributed by atoms with E-state index in [1.54, 1.807) is 35.7 Å². The van der Waals surface area contributed by atoms with Gasteiger partial charge in [0.2, 0.25) is 11.8 Å². The summed E-state index contributed by atoms with van der Waals surface area (Å²) in [6.07, 6.45) is 7.34. The lowest BCUT2D eigenvalue weighted by molar-refractivity contribution is -0.136. The number of hydrogen-bond acceptors (Lipinski definition) is 10. The molecule has 5 aromatic rings. The summed E-state index contributed by atoms with van der Waals surface area (Å²) in [6.45, 7) is 4.19. The SMILES string of the molecule is Cc1nnc2n1-c1sc(C#Cc3cnn(CCCCCNc4cccc5c4C(=O)N(C4CCC(=O)NC4=O)C5=O)c3)c(Cc3ccccc3)c1COC2. The number of hydrogen-bond donors (Lipinski definition) is 2. The number of aryl methyl sites for hydroxylation is 2. The molecule has 1 fully saturated rings. The molecule has 2 N–H and O–H groups in total. The monoisotopic (exact) mass is 728 g/mol. The lowest BCUT2D eigenvalue weighted by Gasteiger charge is -2.27. The molecule has 0 aliphatic carbocycles. The Balaban J connectivity index is 0.882. The van der Waals surface area contributed by atoms with Crippen molar-refractivity contribution in [3.05, 3.63) is 111 Å². The van der Waals surface area contributed by atoms with Crippen molar-refractivity contribution < 1.29 is 23.9 Å². The van der Waals surface area contributed by atoms with Gasteiger partial charge < -0.3 is 10.1 Å². The van der Waals surface area contributed by atoms with Gasteiger partial charge >= 0.3 is 0 Å². The first-order valence-corrected chi connectivity index (χ1v) is 18.5. The van der Waals surface area contributed by atoms with Gasteiger partial charge in [0.05, 0.1) is 34.4 Å². The highest BCUT2D eigenvalue weighted by molar-refractivity contribution is 7.15. The molecule has 6 heterocycles. The first-order valence-electron chi connectivity index (χ1n) is 17.7. The third-order valence-corrected chi connectivity index (χ3v) is 10.9. The number of carbonyl (C=O) groups is 4. The van der Waals surface area contributed by atoms with E-state index in [1.165, 1.54) is 5.56 Å². The highest BCUT2D eigenvalue weighted by Crippen LogP contribution is 2.37. The molecule has 1 saturated heterocycles. The zero-order valence-electron chi connectivity index (χ0n) is 29.1. The summed E-state index contributed by atoms with van der Waals surface area (Å²) in [6, 6.07) is 14.5. The fraction of sp³-hybridized carbons (Fsp3) is 0.308. The molecule has 3 aliphatic rings. The third-order valence-electron chi connectivity index (χ3n) is 9.69. The average Bonchev–Trinajstić information content (AvgIpc) is 3.88. The van der Waals surface area contributed by atoms with E-state index in [2.05, 4.69) is 66.6 Å². The van der Waals surface area contributed by atoms with Gasteiger partial charge in [-0.05, 0) is 62.3 Å². The van der Waals surface area contributed by atoms with E-state index in [9.17, 15) is 19.2 Å². The van der Waals surface area contributed by atoms with Crippen LogP contribution in [0.25, 0.3) is 5.00 Å². The summed E-state index contributed by atoms with van der Waals surface area (Å²) in [5.41, 5.74) is 5.42. The van der Waals surface area contributed by atoms with Gasteiger partial charge in [0.15, 0.2) is 5.82 Å². The molecular formula is C39H36N8O5S. The zero-order valence-corrected chi connectivity index (χ0v) is 29.9. The number of fused-ring (bicyclic) bond motifs is 4. The number of ether oxygens (including phenoxy) is 1.